The molecule has 5 aromatic rings. The smallest absolute Gasteiger partial charge is 0.291 e. The molecule has 0 unspecified atom stereocenters. The summed E-state index contributed by atoms with van der Waals surface area (Å²) in [4.78, 5) is 45.7. The average molecular weight is 532 g/mol. The standard InChI is InChI=1S/C26H15ClFN5O3S/c27-15-7-5-14(6-8-15)23-30-26-33(31-23)25(36)22(37-26)21-18-3-1-2-4-19(18)32(24(21)35)13-20(34)29-17-11-9-16(28)10-12-17/h1-12H,13H2,(H,29,34). The number of benzene rings is 3. The molecule has 0 saturated carbocycles. The molecular formula is C26H15ClFN5O3S. The number of hydrogen-bond acceptors (Lipinski definition) is 6. The van der Waals surface area contributed by atoms with E-state index in [0.29, 0.717) is 38.3 Å². The van der Waals surface area contributed by atoms with E-state index in [2.05, 4.69) is 15.4 Å². The largest absolute Gasteiger partial charge is 0.325 e. The number of para-hydroxylation sites is 1. The number of carbonyl (C=O) groups excluding carboxylic acids is 2. The molecule has 1 aliphatic heterocycles. The van der Waals surface area contributed by atoms with Gasteiger partial charge in [-0.1, -0.05) is 41.1 Å². The fraction of sp³-hybridized carbons (Fsp3) is 0.0385. The number of nitrogens with one attached hydrogen (secondary N) is 1. The van der Waals surface area contributed by atoms with Gasteiger partial charge in [-0.3, -0.25) is 19.3 Å². The molecule has 8 nitrogen and oxygen atoms in total. The third kappa shape index (κ3) is 4.05. The highest BCUT2D eigenvalue weighted by Crippen LogP contribution is 2.35. The average Bonchev–Trinajstić information content (AvgIpc) is 3.52. The van der Waals surface area contributed by atoms with Gasteiger partial charge in [0.05, 0.1) is 11.3 Å². The molecule has 37 heavy (non-hydrogen) atoms. The second-order valence-corrected chi connectivity index (χ2v) is 9.63. The molecule has 3 aromatic carbocycles. The SMILES string of the molecule is O=C(CN1C(=O)C(=c2sc3nc(-c4ccc(Cl)cc4)nn3c2=O)c2ccccc21)Nc1ccc(F)cc1. The summed E-state index contributed by atoms with van der Waals surface area (Å²) in [5, 5.41) is 7.56. The first-order chi connectivity index (χ1) is 17.9. The molecule has 182 valence electrons. The van der Waals surface area contributed by atoms with Crippen molar-refractivity contribution in [2.45, 2.75) is 0 Å². The van der Waals surface area contributed by atoms with Gasteiger partial charge in [0.2, 0.25) is 10.9 Å². The van der Waals surface area contributed by atoms with Crippen LogP contribution in [0.15, 0.2) is 77.6 Å². The maximum absolute atomic E-state index is 13.5. The van der Waals surface area contributed by atoms with E-state index in [-0.39, 0.29) is 16.7 Å². The predicted octanol–water partition coefficient (Wildman–Crippen LogP) is 3.51. The summed E-state index contributed by atoms with van der Waals surface area (Å²) in [5.74, 6) is -0.996. The van der Waals surface area contributed by atoms with Gasteiger partial charge >= 0.3 is 0 Å². The molecule has 0 fully saturated rings. The number of hydrogen-bond donors (Lipinski definition) is 1. The zero-order valence-electron chi connectivity index (χ0n) is 18.8. The van der Waals surface area contributed by atoms with Crippen LogP contribution >= 0.6 is 22.9 Å². The Hall–Kier alpha value is -4.41. The molecule has 11 heteroatoms. The molecule has 3 heterocycles. The maximum atomic E-state index is 13.5. The Morgan fingerprint density at radius 1 is 1.00 bits per heavy atom. The maximum Gasteiger partial charge on any atom is 0.291 e. The summed E-state index contributed by atoms with van der Waals surface area (Å²) in [5.41, 5.74) is 1.89. The Morgan fingerprint density at radius 3 is 2.46 bits per heavy atom. The van der Waals surface area contributed by atoms with E-state index in [1.807, 2.05) is 0 Å². The third-order valence-electron chi connectivity index (χ3n) is 5.84. The highest BCUT2D eigenvalue weighted by molar-refractivity contribution is 7.15. The van der Waals surface area contributed by atoms with Gasteiger partial charge in [-0.25, -0.2) is 4.39 Å². The van der Waals surface area contributed by atoms with Gasteiger partial charge in [-0.2, -0.15) is 9.50 Å². The van der Waals surface area contributed by atoms with E-state index in [4.69, 9.17) is 11.6 Å². The second kappa shape index (κ2) is 8.91. The first kappa shape index (κ1) is 23.0. The lowest BCUT2D eigenvalue weighted by atomic mass is 10.1. The summed E-state index contributed by atoms with van der Waals surface area (Å²) >= 11 is 7.01. The van der Waals surface area contributed by atoms with E-state index in [1.54, 1.807) is 48.5 Å². The van der Waals surface area contributed by atoms with Crippen LogP contribution in [-0.2, 0) is 9.59 Å². The van der Waals surface area contributed by atoms with E-state index in [0.717, 1.165) is 11.3 Å². The fourth-order valence-electron chi connectivity index (χ4n) is 4.14. The minimum Gasteiger partial charge on any atom is -0.325 e. The normalized spacial score (nSPS) is 14.3. The summed E-state index contributed by atoms with van der Waals surface area (Å²) < 4.78 is 14.5. The van der Waals surface area contributed by atoms with Gasteiger partial charge in [-0.05, 0) is 54.6 Å². The van der Waals surface area contributed by atoms with Crippen LogP contribution in [0.5, 0.6) is 0 Å². The zero-order chi connectivity index (χ0) is 25.7. The number of carbonyl (C=O) groups is 2. The minimum absolute atomic E-state index is 0.191. The van der Waals surface area contributed by atoms with Crippen LogP contribution in [0.1, 0.15) is 5.56 Å². The molecule has 1 aliphatic rings. The molecule has 0 atom stereocenters. The van der Waals surface area contributed by atoms with Crippen molar-refractivity contribution in [3.05, 3.63) is 104 Å². The lowest BCUT2D eigenvalue weighted by Gasteiger charge is -2.16. The van der Waals surface area contributed by atoms with Crippen molar-refractivity contribution >= 4 is 56.7 Å². The predicted molar refractivity (Wildman–Crippen MR) is 139 cm³/mol. The quantitative estimate of drug-likeness (QED) is 0.383. The summed E-state index contributed by atoms with van der Waals surface area (Å²) in [6, 6.07) is 19.2. The van der Waals surface area contributed by atoms with Gasteiger partial charge in [0.15, 0.2) is 5.82 Å². The van der Waals surface area contributed by atoms with Crippen molar-refractivity contribution < 1.29 is 14.0 Å². The Labute approximate surface area is 217 Å². The topological polar surface area (TPSA) is 96.7 Å². The van der Waals surface area contributed by atoms with Gasteiger partial charge in [0.25, 0.3) is 11.5 Å². The van der Waals surface area contributed by atoms with Crippen LogP contribution in [0.2, 0.25) is 5.02 Å². The molecule has 0 saturated heterocycles. The van der Waals surface area contributed by atoms with Gasteiger partial charge < -0.3 is 5.32 Å². The van der Waals surface area contributed by atoms with E-state index >= 15 is 0 Å². The summed E-state index contributed by atoms with van der Waals surface area (Å²) in [7, 11) is 0. The Morgan fingerprint density at radius 2 is 1.73 bits per heavy atom. The fourth-order valence-corrected chi connectivity index (χ4v) is 5.26. The van der Waals surface area contributed by atoms with Crippen molar-refractivity contribution in [3.8, 4) is 11.4 Å². The molecule has 2 aromatic heterocycles. The molecule has 2 amide bonds. The Kier molecular flexibility index (Phi) is 5.54. The van der Waals surface area contributed by atoms with Crippen molar-refractivity contribution in [2.75, 3.05) is 16.8 Å². The third-order valence-corrected chi connectivity index (χ3v) is 7.12. The Balaban J connectivity index is 1.38. The van der Waals surface area contributed by atoms with E-state index in [9.17, 15) is 18.8 Å². The van der Waals surface area contributed by atoms with Crippen LogP contribution in [0, 0.1) is 5.82 Å². The highest BCUT2D eigenvalue weighted by Gasteiger charge is 2.35. The summed E-state index contributed by atoms with van der Waals surface area (Å²) in [6.07, 6.45) is 0. The van der Waals surface area contributed by atoms with Crippen LogP contribution in [-0.4, -0.2) is 33.0 Å². The highest BCUT2D eigenvalue weighted by atomic mass is 35.5. The number of amides is 2. The molecule has 0 radical (unpaired) electrons. The molecule has 0 aliphatic carbocycles. The van der Waals surface area contributed by atoms with Crippen LogP contribution in [0.4, 0.5) is 15.8 Å². The van der Waals surface area contributed by atoms with Crippen molar-refractivity contribution in [2.24, 2.45) is 0 Å². The van der Waals surface area contributed by atoms with Crippen LogP contribution < -0.4 is 20.3 Å². The van der Waals surface area contributed by atoms with Crippen molar-refractivity contribution in [1.29, 1.82) is 0 Å². The Bertz CT molecular complexity index is 1820. The van der Waals surface area contributed by atoms with Crippen molar-refractivity contribution in [1.82, 2.24) is 14.6 Å². The van der Waals surface area contributed by atoms with E-state index < -0.39 is 23.2 Å². The second-order valence-electron chi connectivity index (χ2n) is 8.21. The van der Waals surface area contributed by atoms with Gasteiger partial charge in [-0.15, -0.1) is 5.10 Å². The molecule has 0 spiro atoms. The lowest BCUT2D eigenvalue weighted by molar-refractivity contribution is -0.118. The molecule has 0 bridgehead atoms. The monoisotopic (exact) mass is 531 g/mol. The minimum atomic E-state index is -0.477. The number of halogens is 2. The molecular weight excluding hydrogens is 517 g/mol. The number of aromatic nitrogens is 3. The summed E-state index contributed by atoms with van der Waals surface area (Å²) in [6.45, 7) is -0.285. The number of anilines is 2. The van der Waals surface area contributed by atoms with Crippen LogP contribution in [0.3, 0.4) is 0 Å². The number of fused-ring (bicyclic) bond motifs is 2. The van der Waals surface area contributed by atoms with Crippen molar-refractivity contribution in [3.63, 3.8) is 0 Å². The molecule has 1 N–H and O–H groups in total. The van der Waals surface area contributed by atoms with Gasteiger partial charge in [0.1, 0.15) is 16.9 Å². The number of rotatable bonds is 4. The number of nitrogens with zero attached hydrogens (tertiary/aromatic N) is 4. The lowest BCUT2D eigenvalue weighted by Crippen LogP contribution is -2.37. The molecule has 6 rings (SSSR count). The first-order valence-corrected chi connectivity index (χ1v) is 12.2. The van der Waals surface area contributed by atoms with Crippen LogP contribution in [0.25, 0.3) is 21.9 Å². The zero-order valence-corrected chi connectivity index (χ0v) is 20.4. The number of thiazole rings is 1. The van der Waals surface area contributed by atoms with E-state index in [1.165, 1.54) is 33.7 Å². The first-order valence-electron chi connectivity index (χ1n) is 11.1. The van der Waals surface area contributed by atoms with Gasteiger partial charge in [0, 0.05) is 21.8 Å².